The van der Waals surface area contributed by atoms with Crippen LogP contribution in [0.4, 0.5) is 0 Å². The van der Waals surface area contributed by atoms with Gasteiger partial charge in [-0.05, 0) is 24.3 Å². The molecule has 1 N–H and O–H groups in total. The summed E-state index contributed by atoms with van der Waals surface area (Å²) < 4.78 is 21.1. The lowest BCUT2D eigenvalue weighted by molar-refractivity contribution is -0.155. The Kier molecular flexibility index (Phi) is 6.58. The van der Waals surface area contributed by atoms with Gasteiger partial charge in [0.1, 0.15) is 12.7 Å². The summed E-state index contributed by atoms with van der Waals surface area (Å²) in [6, 6.07) is 16.3. The fourth-order valence-electron chi connectivity index (χ4n) is 2.84. The Hall–Kier alpha value is -3.23. The van der Waals surface area contributed by atoms with Crippen molar-refractivity contribution in [1.82, 2.24) is 0 Å². The average Bonchev–Trinajstić information content (AvgIpc) is 3.02. The molecule has 0 saturated carbocycles. The van der Waals surface area contributed by atoms with Gasteiger partial charge in [-0.1, -0.05) is 36.4 Å². The number of aliphatic hydroxyl groups is 1. The number of esters is 3. The molecule has 0 radical (unpaired) electrons. The zero-order chi connectivity index (χ0) is 20.8. The Morgan fingerprint density at radius 3 is 1.83 bits per heavy atom. The predicted molar refractivity (Wildman–Crippen MR) is 98.8 cm³/mol. The molecule has 0 aromatic heterocycles. The summed E-state index contributed by atoms with van der Waals surface area (Å²) in [5, 5.41) is 10.2. The van der Waals surface area contributed by atoms with Crippen LogP contribution in [0.1, 0.15) is 27.6 Å². The third kappa shape index (κ3) is 5.18. The molecule has 8 heteroatoms. The van der Waals surface area contributed by atoms with E-state index in [1.54, 1.807) is 60.7 Å². The van der Waals surface area contributed by atoms with Crippen molar-refractivity contribution in [1.29, 1.82) is 0 Å². The Balaban J connectivity index is 1.78. The van der Waals surface area contributed by atoms with E-state index < -0.39 is 42.5 Å². The number of aliphatic hydroxyl groups excluding tert-OH is 1. The summed E-state index contributed by atoms with van der Waals surface area (Å²) in [4.78, 5) is 36.0. The van der Waals surface area contributed by atoms with Gasteiger partial charge in [-0.2, -0.15) is 0 Å². The van der Waals surface area contributed by atoms with Gasteiger partial charge in [-0.25, -0.2) is 9.59 Å². The van der Waals surface area contributed by atoms with Gasteiger partial charge in [0.15, 0.2) is 18.5 Å². The number of carbonyl (C=O) groups excluding carboxylic acids is 3. The van der Waals surface area contributed by atoms with Crippen LogP contribution in [0.5, 0.6) is 0 Å². The molecule has 2 aromatic rings. The van der Waals surface area contributed by atoms with E-state index in [1.807, 2.05) is 0 Å². The van der Waals surface area contributed by atoms with Gasteiger partial charge in [-0.3, -0.25) is 4.79 Å². The van der Waals surface area contributed by atoms with Gasteiger partial charge in [0, 0.05) is 6.92 Å². The Morgan fingerprint density at radius 1 is 0.862 bits per heavy atom. The van der Waals surface area contributed by atoms with Crippen LogP contribution in [-0.2, 0) is 23.7 Å². The van der Waals surface area contributed by atoms with Crippen LogP contribution in [0.25, 0.3) is 0 Å². The highest BCUT2D eigenvalue weighted by molar-refractivity contribution is 5.90. The molecular weight excluding hydrogens is 380 g/mol. The van der Waals surface area contributed by atoms with Gasteiger partial charge in [0.05, 0.1) is 11.1 Å². The third-order valence-corrected chi connectivity index (χ3v) is 4.24. The van der Waals surface area contributed by atoms with Crippen molar-refractivity contribution in [3.63, 3.8) is 0 Å². The molecule has 0 unspecified atom stereocenters. The van der Waals surface area contributed by atoms with E-state index in [0.717, 1.165) is 0 Å². The summed E-state index contributed by atoms with van der Waals surface area (Å²) in [6.07, 6.45) is -5.03. The first-order valence-electron chi connectivity index (χ1n) is 8.94. The molecule has 0 spiro atoms. The lowest BCUT2D eigenvalue weighted by Gasteiger charge is -2.23. The molecule has 8 nitrogen and oxygen atoms in total. The minimum Gasteiger partial charge on any atom is -0.463 e. The molecule has 0 aliphatic carbocycles. The normalized spacial score (nSPS) is 23.2. The fraction of sp³-hybridized carbons (Fsp3) is 0.286. The Bertz CT molecular complexity index is 851. The van der Waals surface area contributed by atoms with E-state index in [1.165, 1.54) is 6.92 Å². The van der Waals surface area contributed by atoms with Crippen molar-refractivity contribution in [3.05, 3.63) is 71.8 Å². The molecule has 1 heterocycles. The van der Waals surface area contributed by atoms with E-state index in [-0.39, 0.29) is 17.7 Å². The van der Waals surface area contributed by atoms with Crippen LogP contribution >= 0.6 is 0 Å². The summed E-state index contributed by atoms with van der Waals surface area (Å²) in [6.45, 7) is 0.932. The highest BCUT2D eigenvalue weighted by Crippen LogP contribution is 2.27. The molecule has 4 atom stereocenters. The monoisotopic (exact) mass is 400 g/mol. The smallest absolute Gasteiger partial charge is 0.338 e. The second kappa shape index (κ2) is 9.31. The Labute approximate surface area is 167 Å². The zero-order valence-corrected chi connectivity index (χ0v) is 15.6. The number of hydrogen-bond acceptors (Lipinski definition) is 8. The second-order valence-corrected chi connectivity index (χ2v) is 6.34. The molecule has 0 amide bonds. The minimum absolute atomic E-state index is 0.260. The van der Waals surface area contributed by atoms with Crippen LogP contribution in [0.2, 0.25) is 0 Å². The number of carbonyl (C=O) groups is 3. The topological polar surface area (TPSA) is 108 Å². The van der Waals surface area contributed by atoms with Gasteiger partial charge >= 0.3 is 17.9 Å². The van der Waals surface area contributed by atoms with E-state index in [0.29, 0.717) is 0 Å². The molecule has 152 valence electrons. The second-order valence-electron chi connectivity index (χ2n) is 6.34. The van der Waals surface area contributed by atoms with Gasteiger partial charge in [0.25, 0.3) is 0 Å². The highest BCUT2D eigenvalue weighted by Gasteiger charge is 2.49. The van der Waals surface area contributed by atoms with Crippen LogP contribution in [0.15, 0.2) is 60.7 Å². The minimum atomic E-state index is -1.56. The molecule has 29 heavy (non-hydrogen) atoms. The van der Waals surface area contributed by atoms with Gasteiger partial charge in [0.2, 0.25) is 0 Å². The van der Waals surface area contributed by atoms with Crippen LogP contribution < -0.4 is 0 Å². The van der Waals surface area contributed by atoms with Crippen molar-refractivity contribution in [2.75, 3.05) is 6.61 Å². The van der Waals surface area contributed by atoms with Crippen molar-refractivity contribution < 1.29 is 38.4 Å². The van der Waals surface area contributed by atoms with Crippen LogP contribution in [-0.4, -0.2) is 54.2 Å². The van der Waals surface area contributed by atoms with E-state index >= 15 is 0 Å². The molecule has 1 aliphatic heterocycles. The van der Waals surface area contributed by atoms with E-state index in [4.69, 9.17) is 18.9 Å². The third-order valence-electron chi connectivity index (χ3n) is 4.24. The average molecular weight is 400 g/mol. The van der Waals surface area contributed by atoms with Crippen LogP contribution in [0, 0.1) is 0 Å². The molecule has 2 aromatic carbocycles. The fourth-order valence-corrected chi connectivity index (χ4v) is 2.84. The molecular formula is C21H20O8. The van der Waals surface area contributed by atoms with Crippen molar-refractivity contribution >= 4 is 17.9 Å². The SMILES string of the molecule is CC(=O)OC[C@@H]1O[C@H](O)[C@@H](OC(=O)c2ccccc2)[C@H]1OC(=O)c1ccccc1. The highest BCUT2D eigenvalue weighted by atomic mass is 16.7. The molecule has 1 fully saturated rings. The number of benzene rings is 2. The first kappa shape index (κ1) is 20.5. The summed E-state index contributed by atoms with van der Waals surface area (Å²) >= 11 is 0. The number of rotatable bonds is 6. The lowest BCUT2D eigenvalue weighted by Crippen LogP contribution is -2.41. The number of ether oxygens (including phenoxy) is 4. The van der Waals surface area contributed by atoms with E-state index in [2.05, 4.69) is 0 Å². The lowest BCUT2D eigenvalue weighted by atomic mass is 10.1. The van der Waals surface area contributed by atoms with Gasteiger partial charge in [-0.15, -0.1) is 0 Å². The summed E-state index contributed by atoms with van der Waals surface area (Å²) in [5.41, 5.74) is 0.532. The quantitative estimate of drug-likeness (QED) is 0.577. The predicted octanol–water partition coefficient (Wildman–Crippen LogP) is 1.72. The van der Waals surface area contributed by atoms with Crippen molar-refractivity contribution in [3.8, 4) is 0 Å². The Morgan fingerprint density at radius 2 is 1.34 bits per heavy atom. The molecule has 1 aliphatic rings. The summed E-state index contributed by atoms with van der Waals surface area (Å²) in [5.74, 6) is -1.98. The zero-order valence-electron chi connectivity index (χ0n) is 15.6. The van der Waals surface area contributed by atoms with Crippen molar-refractivity contribution in [2.45, 2.75) is 31.5 Å². The summed E-state index contributed by atoms with van der Waals surface area (Å²) in [7, 11) is 0. The first-order valence-corrected chi connectivity index (χ1v) is 8.94. The van der Waals surface area contributed by atoms with Gasteiger partial charge < -0.3 is 24.1 Å². The molecule has 0 bridgehead atoms. The maximum absolute atomic E-state index is 12.5. The standard InChI is InChI=1S/C21H20O8/c1-13(22)26-12-16-17(28-19(23)14-8-4-2-5-9-14)18(21(25)27-16)29-20(24)15-10-6-3-7-11-15/h2-11,16-18,21,25H,12H2,1H3/t16-,17-,18-,21-/m0/s1. The number of hydrogen-bond donors (Lipinski definition) is 1. The molecule has 1 saturated heterocycles. The largest absolute Gasteiger partial charge is 0.463 e. The first-order chi connectivity index (χ1) is 14.0. The maximum atomic E-state index is 12.5. The van der Waals surface area contributed by atoms with E-state index in [9.17, 15) is 19.5 Å². The molecule has 3 rings (SSSR count). The van der Waals surface area contributed by atoms with Crippen molar-refractivity contribution in [2.24, 2.45) is 0 Å². The van der Waals surface area contributed by atoms with Crippen LogP contribution in [0.3, 0.4) is 0 Å². The maximum Gasteiger partial charge on any atom is 0.338 e.